The van der Waals surface area contributed by atoms with Crippen molar-refractivity contribution >= 4 is 15.8 Å². The lowest BCUT2D eigenvalue weighted by Crippen LogP contribution is -2.47. The van der Waals surface area contributed by atoms with Crippen molar-refractivity contribution < 1.29 is 23.1 Å². The molecule has 0 aromatic heterocycles. The minimum Gasteiger partial charge on any atom is -0.494 e. The molecule has 7 heteroatoms. The van der Waals surface area contributed by atoms with E-state index in [-0.39, 0.29) is 11.3 Å². The number of rotatable bonds is 9. The Morgan fingerprint density at radius 2 is 1.83 bits per heavy atom. The molecule has 1 saturated heterocycles. The lowest BCUT2D eigenvalue weighted by atomic mass is 9.96. The number of carboxylic acids is 1. The fraction of sp³-hybridized carbons (Fsp3) is 0.435. The smallest absolute Gasteiger partial charge is 0.306 e. The van der Waals surface area contributed by atoms with E-state index in [1.807, 2.05) is 35.2 Å². The molecule has 1 aliphatic heterocycles. The number of likely N-dealkylation sites (tertiary alicyclic amines) is 1. The predicted molar refractivity (Wildman–Crippen MR) is 115 cm³/mol. The molecule has 30 heavy (non-hydrogen) atoms. The van der Waals surface area contributed by atoms with Gasteiger partial charge in [0.2, 0.25) is 0 Å². The zero-order chi connectivity index (χ0) is 21.6. The first-order chi connectivity index (χ1) is 14.4. The minimum atomic E-state index is -3.73. The summed E-state index contributed by atoms with van der Waals surface area (Å²) in [5, 5.41) is 8.60. The van der Waals surface area contributed by atoms with Gasteiger partial charge in [0.1, 0.15) is 11.1 Å². The molecule has 0 amide bonds. The van der Waals surface area contributed by atoms with E-state index in [9.17, 15) is 18.3 Å². The van der Waals surface area contributed by atoms with Crippen molar-refractivity contribution in [2.24, 2.45) is 5.92 Å². The predicted octanol–water partition coefficient (Wildman–Crippen LogP) is 3.96. The van der Waals surface area contributed by atoms with Gasteiger partial charge in [-0.25, -0.2) is 8.42 Å². The number of ether oxygens (including phenoxy) is 1. The minimum absolute atomic E-state index is 0.0826. The number of carboxylic acid groups (broad SMARTS) is 1. The zero-order valence-corrected chi connectivity index (χ0v) is 18.1. The van der Waals surface area contributed by atoms with Crippen LogP contribution >= 0.6 is 0 Å². The Kier molecular flexibility index (Phi) is 7.50. The molecule has 2 aromatic carbocycles. The molecule has 0 saturated carbocycles. The SMILES string of the molecule is CCCCOc1ccc(S(=O)(=O)C2CC(C(=O)O)CCN2Cc2ccccc2)cc1. The molecule has 162 valence electrons. The fourth-order valence-corrected chi connectivity index (χ4v) is 5.63. The molecule has 2 unspecified atom stereocenters. The van der Waals surface area contributed by atoms with Crippen LogP contribution in [0.5, 0.6) is 5.75 Å². The average Bonchev–Trinajstić information content (AvgIpc) is 2.75. The van der Waals surface area contributed by atoms with Gasteiger partial charge in [-0.05, 0) is 49.1 Å². The van der Waals surface area contributed by atoms with Gasteiger partial charge in [0.15, 0.2) is 9.84 Å². The van der Waals surface area contributed by atoms with Gasteiger partial charge < -0.3 is 9.84 Å². The summed E-state index contributed by atoms with van der Waals surface area (Å²) in [5.74, 6) is -0.960. The fourth-order valence-electron chi connectivity index (χ4n) is 3.74. The molecule has 6 nitrogen and oxygen atoms in total. The Labute approximate surface area is 178 Å². The monoisotopic (exact) mass is 431 g/mol. The van der Waals surface area contributed by atoms with E-state index in [0.717, 1.165) is 18.4 Å². The Morgan fingerprint density at radius 3 is 2.47 bits per heavy atom. The summed E-state index contributed by atoms with van der Waals surface area (Å²) in [6.45, 7) is 3.56. The van der Waals surface area contributed by atoms with Crippen LogP contribution in [0.25, 0.3) is 0 Å². The van der Waals surface area contributed by atoms with Crippen LogP contribution in [0.3, 0.4) is 0 Å². The van der Waals surface area contributed by atoms with Gasteiger partial charge >= 0.3 is 5.97 Å². The van der Waals surface area contributed by atoms with Crippen molar-refractivity contribution in [1.29, 1.82) is 0 Å². The van der Waals surface area contributed by atoms with Crippen molar-refractivity contribution in [3.8, 4) is 5.75 Å². The molecule has 1 fully saturated rings. The molecule has 2 aromatic rings. The number of unbranched alkanes of at least 4 members (excludes halogenated alkanes) is 1. The highest BCUT2D eigenvalue weighted by atomic mass is 32.2. The Bertz CT molecular complexity index is 928. The molecule has 0 bridgehead atoms. The highest BCUT2D eigenvalue weighted by Crippen LogP contribution is 2.32. The maximum Gasteiger partial charge on any atom is 0.306 e. The number of carbonyl (C=O) groups is 1. The third-order valence-electron chi connectivity index (χ3n) is 5.51. The third kappa shape index (κ3) is 5.40. The highest BCUT2D eigenvalue weighted by Gasteiger charge is 2.40. The summed E-state index contributed by atoms with van der Waals surface area (Å²) in [7, 11) is -3.73. The summed E-state index contributed by atoms with van der Waals surface area (Å²) >= 11 is 0. The number of hydrogen-bond acceptors (Lipinski definition) is 5. The van der Waals surface area contributed by atoms with E-state index < -0.39 is 27.1 Å². The Balaban J connectivity index is 1.83. The number of aliphatic carboxylic acids is 1. The molecule has 3 rings (SSSR count). The second-order valence-corrected chi connectivity index (χ2v) is 9.79. The van der Waals surface area contributed by atoms with Gasteiger partial charge in [-0.2, -0.15) is 0 Å². The number of nitrogens with zero attached hydrogens (tertiary/aromatic N) is 1. The van der Waals surface area contributed by atoms with Crippen LogP contribution in [0.1, 0.15) is 38.2 Å². The van der Waals surface area contributed by atoms with Crippen molar-refractivity contribution in [2.45, 2.75) is 49.4 Å². The first-order valence-corrected chi connectivity index (χ1v) is 11.9. The molecule has 0 radical (unpaired) electrons. The summed E-state index contributed by atoms with van der Waals surface area (Å²) in [5.41, 5.74) is 1.01. The van der Waals surface area contributed by atoms with Gasteiger partial charge in [-0.1, -0.05) is 43.7 Å². The van der Waals surface area contributed by atoms with Gasteiger partial charge in [0, 0.05) is 13.1 Å². The number of piperidine rings is 1. The van der Waals surface area contributed by atoms with E-state index in [4.69, 9.17) is 4.74 Å². The maximum absolute atomic E-state index is 13.5. The van der Waals surface area contributed by atoms with Crippen molar-refractivity contribution in [3.05, 3.63) is 60.2 Å². The molecule has 1 aliphatic rings. The highest BCUT2D eigenvalue weighted by molar-refractivity contribution is 7.92. The number of sulfone groups is 1. The maximum atomic E-state index is 13.5. The first-order valence-electron chi connectivity index (χ1n) is 10.4. The molecular weight excluding hydrogens is 402 g/mol. The Hall–Kier alpha value is -2.38. The first kappa shape index (κ1) is 22.3. The van der Waals surface area contributed by atoms with Gasteiger partial charge in [-0.3, -0.25) is 9.69 Å². The molecular formula is C23H29NO5S. The second kappa shape index (κ2) is 10.1. The van der Waals surface area contributed by atoms with E-state index in [2.05, 4.69) is 6.92 Å². The number of hydrogen-bond donors (Lipinski definition) is 1. The lowest BCUT2D eigenvalue weighted by molar-refractivity contribution is -0.143. The summed E-state index contributed by atoms with van der Waals surface area (Å²) in [6.07, 6.45) is 2.49. The van der Waals surface area contributed by atoms with Gasteiger partial charge in [-0.15, -0.1) is 0 Å². The average molecular weight is 432 g/mol. The second-order valence-electron chi connectivity index (χ2n) is 7.69. The van der Waals surface area contributed by atoms with Crippen LogP contribution in [0.4, 0.5) is 0 Å². The van der Waals surface area contributed by atoms with Crippen molar-refractivity contribution in [2.75, 3.05) is 13.2 Å². The molecule has 0 spiro atoms. The van der Waals surface area contributed by atoms with Crippen molar-refractivity contribution in [3.63, 3.8) is 0 Å². The van der Waals surface area contributed by atoms with Crippen LogP contribution in [-0.4, -0.2) is 42.9 Å². The lowest BCUT2D eigenvalue weighted by Gasteiger charge is -2.37. The standard InChI is InChI=1S/C23H29NO5S/c1-2-3-15-29-20-9-11-21(12-10-20)30(27,28)22-16-19(23(25)26)13-14-24(22)17-18-7-5-4-6-8-18/h4-12,19,22H,2-3,13-17H2,1H3,(H,25,26). The Morgan fingerprint density at radius 1 is 1.13 bits per heavy atom. The van der Waals surface area contributed by atoms with E-state index in [1.54, 1.807) is 24.3 Å². The topological polar surface area (TPSA) is 83.9 Å². The zero-order valence-electron chi connectivity index (χ0n) is 17.2. The molecule has 2 atom stereocenters. The third-order valence-corrected chi connectivity index (χ3v) is 7.65. The largest absolute Gasteiger partial charge is 0.494 e. The quantitative estimate of drug-likeness (QED) is 0.605. The van der Waals surface area contributed by atoms with Crippen LogP contribution < -0.4 is 4.74 Å². The van der Waals surface area contributed by atoms with Gasteiger partial charge in [0.25, 0.3) is 0 Å². The van der Waals surface area contributed by atoms with Crippen LogP contribution in [-0.2, 0) is 21.2 Å². The van der Waals surface area contributed by atoms with Gasteiger partial charge in [0.05, 0.1) is 17.4 Å². The van der Waals surface area contributed by atoms with Crippen molar-refractivity contribution in [1.82, 2.24) is 4.90 Å². The normalized spacial score (nSPS) is 20.0. The molecule has 1 heterocycles. The van der Waals surface area contributed by atoms with Crippen LogP contribution in [0.15, 0.2) is 59.5 Å². The van der Waals surface area contributed by atoms with E-state index in [0.29, 0.717) is 31.9 Å². The molecule has 1 N–H and O–H groups in total. The summed E-state index contributed by atoms with van der Waals surface area (Å²) < 4.78 is 32.5. The van der Waals surface area contributed by atoms with E-state index in [1.165, 1.54) is 0 Å². The van der Waals surface area contributed by atoms with Crippen LogP contribution in [0.2, 0.25) is 0 Å². The summed E-state index contributed by atoms with van der Waals surface area (Å²) in [4.78, 5) is 13.6. The van der Waals surface area contributed by atoms with E-state index >= 15 is 0 Å². The summed E-state index contributed by atoms with van der Waals surface area (Å²) in [6, 6.07) is 16.1. The number of benzene rings is 2. The van der Waals surface area contributed by atoms with Crippen LogP contribution in [0, 0.1) is 5.92 Å². The molecule has 0 aliphatic carbocycles.